The molecule has 0 spiro atoms. The average molecular weight is 723 g/mol. The van der Waals surface area contributed by atoms with Crippen molar-refractivity contribution in [2.75, 3.05) is 6.67 Å². The van der Waals surface area contributed by atoms with Gasteiger partial charge in [0.1, 0.15) is 5.69 Å². The number of aromatic nitrogens is 4. The van der Waals surface area contributed by atoms with Crippen molar-refractivity contribution in [2.24, 2.45) is 5.14 Å². The van der Waals surface area contributed by atoms with Crippen molar-refractivity contribution in [1.29, 1.82) is 0 Å². The number of thiazole rings is 1. The third-order valence-electron chi connectivity index (χ3n) is 5.53. The highest BCUT2D eigenvalue weighted by Crippen LogP contribution is 2.37. The highest BCUT2D eigenvalue weighted by Gasteiger charge is 2.40. The van der Waals surface area contributed by atoms with Crippen LogP contribution >= 0.6 is 39.7 Å². The molecule has 0 radical (unpaired) electrons. The normalized spacial score (nSPS) is 11.3. The van der Waals surface area contributed by atoms with Crippen molar-refractivity contribution in [1.82, 2.24) is 19.7 Å². The standard InChI is InChI=1S/C18H11F4N5O2S2.C8H6BrFO.ClH/c19-15-16(11-3-1-10(2-4-11)13-8-30-9-25-13)27(26-17(15)18(20,21)22)12-5-6-14(24-7-12)31(23,28)29;9-7-3-1-6(2-4-7)8(11)5-10;/h1-9H,(H2,23,28,29);1-4H,5H2;1H. The molecule has 0 atom stereocenters. The highest BCUT2D eigenvalue weighted by atomic mass is 79.9. The molecule has 0 saturated heterocycles. The van der Waals surface area contributed by atoms with Gasteiger partial charge in [0.15, 0.2) is 23.3 Å². The fourth-order valence-corrected chi connectivity index (χ4v) is 4.83. The van der Waals surface area contributed by atoms with Crippen LogP contribution < -0.4 is 5.14 Å². The van der Waals surface area contributed by atoms with Crippen molar-refractivity contribution in [3.05, 3.63) is 99.3 Å². The summed E-state index contributed by atoms with van der Waals surface area (Å²) in [5.41, 5.74) is 1.29. The number of sulfonamides is 1. The highest BCUT2D eigenvalue weighted by molar-refractivity contribution is 9.10. The van der Waals surface area contributed by atoms with Crippen LogP contribution in [0.2, 0.25) is 0 Å². The summed E-state index contributed by atoms with van der Waals surface area (Å²) in [6, 6.07) is 14.8. The molecule has 0 aliphatic heterocycles. The Hall–Kier alpha value is -3.57. The number of rotatable bonds is 6. The number of nitrogens with zero attached hydrogens (tertiary/aromatic N) is 4. The molecule has 0 saturated carbocycles. The zero-order valence-electron chi connectivity index (χ0n) is 21.3. The molecule has 226 valence electrons. The second kappa shape index (κ2) is 13.8. The van der Waals surface area contributed by atoms with Gasteiger partial charge in [-0.25, -0.2) is 37.0 Å². The Bertz CT molecular complexity index is 1800. The number of ketones is 1. The number of carbonyl (C=O) groups is 1. The Kier molecular flexibility index (Phi) is 10.9. The molecular weight excluding hydrogens is 705 g/mol. The number of hydrogen-bond acceptors (Lipinski definition) is 7. The van der Waals surface area contributed by atoms with E-state index < -0.39 is 50.9 Å². The monoisotopic (exact) mass is 721 g/mol. The maximum Gasteiger partial charge on any atom is 0.438 e. The van der Waals surface area contributed by atoms with Gasteiger partial charge in [-0.05, 0) is 24.3 Å². The van der Waals surface area contributed by atoms with Crippen LogP contribution in [-0.4, -0.2) is 40.6 Å². The molecule has 0 fully saturated rings. The fraction of sp³-hybridized carbons (Fsp3) is 0.0769. The Morgan fingerprint density at radius 1 is 0.977 bits per heavy atom. The summed E-state index contributed by atoms with van der Waals surface area (Å²) in [5.74, 6) is -2.04. The average Bonchev–Trinajstić information content (AvgIpc) is 3.61. The van der Waals surface area contributed by atoms with E-state index in [2.05, 4.69) is 31.0 Å². The zero-order valence-corrected chi connectivity index (χ0v) is 25.3. The lowest BCUT2D eigenvalue weighted by Crippen LogP contribution is -2.14. The molecule has 2 aromatic carbocycles. The van der Waals surface area contributed by atoms with E-state index >= 15 is 0 Å². The first-order valence-corrected chi connectivity index (χ1v) is 14.8. The van der Waals surface area contributed by atoms with Crippen LogP contribution in [0.5, 0.6) is 0 Å². The van der Waals surface area contributed by atoms with Gasteiger partial charge in [-0.1, -0.05) is 52.3 Å². The third-order valence-corrected chi connectivity index (χ3v) is 7.47. The van der Waals surface area contributed by atoms with Gasteiger partial charge < -0.3 is 0 Å². The number of benzene rings is 2. The van der Waals surface area contributed by atoms with Crippen LogP contribution in [0.15, 0.2) is 87.2 Å². The van der Waals surface area contributed by atoms with Gasteiger partial charge in [0.2, 0.25) is 5.69 Å². The van der Waals surface area contributed by atoms with Crippen LogP contribution in [0.4, 0.5) is 22.0 Å². The molecule has 5 rings (SSSR count). The van der Waals surface area contributed by atoms with Crippen molar-refractivity contribution in [2.45, 2.75) is 11.2 Å². The van der Waals surface area contributed by atoms with E-state index in [1.165, 1.54) is 23.5 Å². The Labute approximate surface area is 260 Å². The van der Waals surface area contributed by atoms with E-state index in [1.807, 2.05) is 0 Å². The molecule has 2 N–H and O–H groups in total. The lowest BCUT2D eigenvalue weighted by molar-refractivity contribution is -0.143. The lowest BCUT2D eigenvalue weighted by Gasteiger charge is -2.08. The largest absolute Gasteiger partial charge is 0.438 e. The van der Waals surface area contributed by atoms with E-state index in [9.17, 15) is 35.2 Å². The Balaban J connectivity index is 0.000000357. The molecule has 0 unspecified atom stereocenters. The molecule has 0 bridgehead atoms. The second-order valence-electron chi connectivity index (χ2n) is 8.34. The van der Waals surface area contributed by atoms with Crippen LogP contribution in [0, 0.1) is 5.82 Å². The van der Waals surface area contributed by atoms with E-state index in [4.69, 9.17) is 5.14 Å². The molecule has 0 aliphatic carbocycles. The van der Waals surface area contributed by atoms with Gasteiger partial charge in [-0.2, -0.15) is 18.3 Å². The number of hydrogen-bond donors (Lipinski definition) is 1. The molecule has 3 heterocycles. The second-order valence-corrected chi connectivity index (χ2v) is 11.5. The fourth-order valence-electron chi connectivity index (χ4n) is 3.55. The number of halogens is 7. The number of primary sulfonamides is 1. The summed E-state index contributed by atoms with van der Waals surface area (Å²) in [6.45, 7) is -0.929. The van der Waals surface area contributed by atoms with Crippen molar-refractivity contribution >= 4 is 55.5 Å². The first-order chi connectivity index (χ1) is 19.8. The molecule has 5 aromatic rings. The quantitative estimate of drug-likeness (QED) is 0.151. The summed E-state index contributed by atoms with van der Waals surface area (Å²) < 4.78 is 90.9. The van der Waals surface area contributed by atoms with E-state index in [0.717, 1.165) is 27.5 Å². The van der Waals surface area contributed by atoms with Crippen LogP contribution in [0.3, 0.4) is 0 Å². The van der Waals surface area contributed by atoms with Crippen LogP contribution in [-0.2, 0) is 16.2 Å². The summed E-state index contributed by atoms with van der Waals surface area (Å²) in [4.78, 5) is 18.5. The Morgan fingerprint density at radius 3 is 2.09 bits per heavy atom. The van der Waals surface area contributed by atoms with E-state index in [1.54, 1.807) is 47.3 Å². The topological polar surface area (TPSA) is 121 Å². The van der Waals surface area contributed by atoms with Gasteiger partial charge in [0, 0.05) is 26.5 Å². The lowest BCUT2D eigenvalue weighted by atomic mass is 10.1. The number of nitrogens with two attached hydrogens (primary N) is 1. The summed E-state index contributed by atoms with van der Waals surface area (Å²) in [7, 11) is -4.12. The molecular formula is C26H18BrClF5N5O3S2. The van der Waals surface area contributed by atoms with Crippen LogP contribution in [0.25, 0.3) is 28.2 Å². The molecule has 0 aliphatic rings. The summed E-state index contributed by atoms with van der Waals surface area (Å²) >= 11 is 4.59. The molecule has 17 heteroatoms. The van der Waals surface area contributed by atoms with Gasteiger partial charge in [0.25, 0.3) is 10.0 Å². The smallest absolute Gasteiger partial charge is 0.291 e. The maximum atomic E-state index is 14.9. The van der Waals surface area contributed by atoms with Gasteiger partial charge in [0.05, 0.1) is 23.1 Å². The minimum atomic E-state index is -5.04. The SMILES string of the molecule is Cl.NS(=O)(=O)c1ccc(-n2nc(C(F)(F)F)c(F)c2-c2ccc(-c3cscn3)cc2)cn1.O=C(CF)c1ccc(Br)cc1. The first-order valence-electron chi connectivity index (χ1n) is 11.5. The first kappa shape index (κ1) is 33.9. The van der Waals surface area contributed by atoms with Gasteiger partial charge >= 0.3 is 6.18 Å². The third kappa shape index (κ3) is 8.08. The van der Waals surface area contributed by atoms with E-state index in [0.29, 0.717) is 16.8 Å². The van der Waals surface area contributed by atoms with Gasteiger partial charge in [-0.15, -0.1) is 23.7 Å². The molecule has 43 heavy (non-hydrogen) atoms. The van der Waals surface area contributed by atoms with Gasteiger partial charge in [-0.3, -0.25) is 4.79 Å². The number of carbonyl (C=O) groups excluding carboxylic acids is 1. The van der Waals surface area contributed by atoms with Crippen molar-refractivity contribution in [3.63, 3.8) is 0 Å². The number of alkyl halides is 4. The number of pyridine rings is 1. The van der Waals surface area contributed by atoms with E-state index in [-0.39, 0.29) is 23.7 Å². The predicted molar refractivity (Wildman–Crippen MR) is 156 cm³/mol. The minimum Gasteiger partial charge on any atom is -0.291 e. The van der Waals surface area contributed by atoms with Crippen molar-refractivity contribution in [3.8, 4) is 28.2 Å². The molecule has 3 aromatic heterocycles. The van der Waals surface area contributed by atoms with Crippen LogP contribution in [0.1, 0.15) is 16.1 Å². The zero-order chi connectivity index (χ0) is 30.7. The number of Topliss-reactive ketones (excluding diaryl/α,β-unsaturated/α-hetero) is 1. The molecule has 0 amide bonds. The summed E-state index contributed by atoms with van der Waals surface area (Å²) in [6.07, 6.45) is -4.10. The predicted octanol–water partition coefficient (Wildman–Crippen LogP) is 6.89. The summed E-state index contributed by atoms with van der Waals surface area (Å²) in [5, 5.41) is 9.66. The Morgan fingerprint density at radius 2 is 1.60 bits per heavy atom. The minimum absolute atomic E-state index is 0. The molecule has 8 nitrogen and oxygen atoms in total. The van der Waals surface area contributed by atoms with Crippen molar-refractivity contribution < 1.29 is 35.2 Å². The maximum absolute atomic E-state index is 14.9.